The average molecular weight is 260 g/mol. The van der Waals surface area contributed by atoms with Crippen LogP contribution in [-0.2, 0) is 17.6 Å². The molecule has 0 fully saturated rings. The van der Waals surface area contributed by atoms with Gasteiger partial charge in [-0.25, -0.2) is 0 Å². The summed E-state index contributed by atoms with van der Waals surface area (Å²) in [4.78, 5) is 14.2. The Balaban J connectivity index is 1.85. The predicted molar refractivity (Wildman–Crippen MR) is 78.2 cm³/mol. The molecule has 1 aromatic carbocycles. The molecule has 0 spiro atoms. The molecule has 0 saturated heterocycles. The van der Waals surface area contributed by atoms with Crippen LogP contribution in [0.3, 0.4) is 0 Å². The molecule has 19 heavy (non-hydrogen) atoms. The lowest BCUT2D eigenvalue weighted by molar-refractivity contribution is -0.131. The zero-order valence-electron chi connectivity index (χ0n) is 12.0. The lowest BCUT2D eigenvalue weighted by atomic mass is 10.0. The van der Waals surface area contributed by atoms with E-state index in [9.17, 15) is 4.79 Å². The van der Waals surface area contributed by atoms with Gasteiger partial charge >= 0.3 is 0 Å². The summed E-state index contributed by atoms with van der Waals surface area (Å²) in [6, 6.07) is 8.99. The summed E-state index contributed by atoms with van der Waals surface area (Å²) in [6.45, 7) is 6.70. The largest absolute Gasteiger partial charge is 0.342 e. The zero-order valence-corrected chi connectivity index (χ0v) is 12.0. The number of carbonyl (C=O) groups is 1. The Hall–Kier alpha value is -1.35. The molecule has 1 heterocycles. The second kappa shape index (κ2) is 6.71. The van der Waals surface area contributed by atoms with Crippen molar-refractivity contribution in [2.75, 3.05) is 19.6 Å². The quantitative estimate of drug-likeness (QED) is 0.898. The fourth-order valence-corrected chi connectivity index (χ4v) is 2.54. The first-order valence-electron chi connectivity index (χ1n) is 7.25. The van der Waals surface area contributed by atoms with E-state index in [2.05, 4.69) is 43.4 Å². The first kappa shape index (κ1) is 14.1. The molecule has 1 aromatic rings. The van der Waals surface area contributed by atoms with Crippen LogP contribution < -0.4 is 5.32 Å². The van der Waals surface area contributed by atoms with Crippen molar-refractivity contribution >= 4 is 5.91 Å². The second-order valence-corrected chi connectivity index (χ2v) is 5.51. The fourth-order valence-electron chi connectivity index (χ4n) is 2.54. The number of amides is 1. The van der Waals surface area contributed by atoms with Crippen molar-refractivity contribution in [1.29, 1.82) is 0 Å². The van der Waals surface area contributed by atoms with Gasteiger partial charge in [0.1, 0.15) is 0 Å². The SMILES string of the molecule is CC(C)NCCC(=O)N1CCc2ccccc2CC1. The highest BCUT2D eigenvalue weighted by molar-refractivity contribution is 5.76. The van der Waals surface area contributed by atoms with Gasteiger partial charge in [0, 0.05) is 32.1 Å². The van der Waals surface area contributed by atoms with Gasteiger partial charge in [-0.15, -0.1) is 0 Å². The summed E-state index contributed by atoms with van der Waals surface area (Å²) >= 11 is 0. The van der Waals surface area contributed by atoms with Gasteiger partial charge in [-0.05, 0) is 24.0 Å². The third kappa shape index (κ3) is 4.06. The number of hydrogen-bond acceptors (Lipinski definition) is 2. The third-order valence-electron chi connectivity index (χ3n) is 3.66. The maximum absolute atomic E-state index is 12.2. The Morgan fingerprint density at radius 2 is 1.79 bits per heavy atom. The van der Waals surface area contributed by atoms with Crippen LogP contribution in [-0.4, -0.2) is 36.5 Å². The van der Waals surface area contributed by atoms with Gasteiger partial charge in [0.05, 0.1) is 0 Å². The average Bonchev–Trinajstić information content (AvgIpc) is 2.60. The van der Waals surface area contributed by atoms with Crippen molar-refractivity contribution in [3.05, 3.63) is 35.4 Å². The predicted octanol–water partition coefficient (Wildman–Crippen LogP) is 2.00. The van der Waals surface area contributed by atoms with Gasteiger partial charge in [0.25, 0.3) is 0 Å². The normalized spacial score (nSPS) is 15.2. The van der Waals surface area contributed by atoms with E-state index < -0.39 is 0 Å². The minimum Gasteiger partial charge on any atom is -0.342 e. The van der Waals surface area contributed by atoms with Crippen LogP contribution in [0.1, 0.15) is 31.4 Å². The van der Waals surface area contributed by atoms with Crippen molar-refractivity contribution in [2.24, 2.45) is 0 Å². The summed E-state index contributed by atoms with van der Waals surface area (Å²) in [5.74, 6) is 0.279. The van der Waals surface area contributed by atoms with E-state index in [4.69, 9.17) is 0 Å². The number of carbonyl (C=O) groups excluding carboxylic acids is 1. The number of rotatable bonds is 4. The van der Waals surface area contributed by atoms with Crippen molar-refractivity contribution < 1.29 is 4.79 Å². The third-order valence-corrected chi connectivity index (χ3v) is 3.66. The highest BCUT2D eigenvalue weighted by atomic mass is 16.2. The molecule has 0 aliphatic carbocycles. The van der Waals surface area contributed by atoms with Crippen LogP contribution in [0, 0.1) is 0 Å². The molecule has 3 nitrogen and oxygen atoms in total. The van der Waals surface area contributed by atoms with Gasteiger partial charge in [-0.1, -0.05) is 38.1 Å². The topological polar surface area (TPSA) is 32.3 Å². The summed E-state index contributed by atoms with van der Waals surface area (Å²) in [5.41, 5.74) is 2.80. The standard InChI is InChI=1S/C16H24N2O/c1-13(2)17-10-7-16(19)18-11-8-14-5-3-4-6-15(14)9-12-18/h3-6,13,17H,7-12H2,1-2H3. The molecular weight excluding hydrogens is 236 g/mol. The molecule has 1 aliphatic heterocycles. The summed E-state index contributed by atoms with van der Waals surface area (Å²) < 4.78 is 0. The van der Waals surface area contributed by atoms with Crippen molar-refractivity contribution in [1.82, 2.24) is 10.2 Å². The van der Waals surface area contributed by atoms with Gasteiger partial charge in [-0.2, -0.15) is 0 Å². The van der Waals surface area contributed by atoms with Gasteiger partial charge in [-0.3, -0.25) is 4.79 Å². The van der Waals surface area contributed by atoms with Crippen LogP contribution in [0.15, 0.2) is 24.3 Å². The van der Waals surface area contributed by atoms with E-state index in [-0.39, 0.29) is 5.91 Å². The lowest BCUT2D eigenvalue weighted by Crippen LogP contribution is -2.36. The number of nitrogens with zero attached hydrogens (tertiary/aromatic N) is 1. The maximum Gasteiger partial charge on any atom is 0.223 e. The molecule has 1 aliphatic rings. The molecule has 2 rings (SSSR count). The molecule has 3 heteroatoms. The zero-order chi connectivity index (χ0) is 13.7. The number of benzene rings is 1. The van der Waals surface area contributed by atoms with E-state index in [0.717, 1.165) is 32.5 Å². The van der Waals surface area contributed by atoms with Gasteiger partial charge in [0.2, 0.25) is 5.91 Å². The highest BCUT2D eigenvalue weighted by Crippen LogP contribution is 2.15. The number of fused-ring (bicyclic) bond motifs is 1. The maximum atomic E-state index is 12.2. The Morgan fingerprint density at radius 3 is 2.32 bits per heavy atom. The summed E-state index contributed by atoms with van der Waals surface area (Å²) in [6.07, 6.45) is 2.58. The lowest BCUT2D eigenvalue weighted by Gasteiger charge is -2.20. The highest BCUT2D eigenvalue weighted by Gasteiger charge is 2.17. The summed E-state index contributed by atoms with van der Waals surface area (Å²) in [5, 5.41) is 3.30. The number of nitrogens with one attached hydrogen (secondary N) is 1. The van der Waals surface area contributed by atoms with Gasteiger partial charge < -0.3 is 10.2 Å². The first-order chi connectivity index (χ1) is 9.16. The Morgan fingerprint density at radius 1 is 1.21 bits per heavy atom. The molecule has 104 valence electrons. The van der Waals surface area contributed by atoms with Crippen molar-refractivity contribution in [3.8, 4) is 0 Å². The molecule has 1 N–H and O–H groups in total. The van der Waals surface area contributed by atoms with Crippen LogP contribution in [0.25, 0.3) is 0 Å². The molecule has 0 aromatic heterocycles. The molecule has 0 radical (unpaired) electrons. The summed E-state index contributed by atoms with van der Waals surface area (Å²) in [7, 11) is 0. The molecule has 0 unspecified atom stereocenters. The molecular formula is C16H24N2O. The molecule has 1 amide bonds. The first-order valence-corrected chi connectivity index (χ1v) is 7.25. The van der Waals surface area contributed by atoms with E-state index in [0.29, 0.717) is 12.5 Å². The minimum absolute atomic E-state index is 0.279. The second-order valence-electron chi connectivity index (χ2n) is 5.51. The minimum atomic E-state index is 0.279. The van der Waals surface area contributed by atoms with Crippen molar-refractivity contribution in [3.63, 3.8) is 0 Å². The Kier molecular flexibility index (Phi) is 4.97. The number of hydrogen-bond donors (Lipinski definition) is 1. The van der Waals surface area contributed by atoms with Crippen LogP contribution >= 0.6 is 0 Å². The van der Waals surface area contributed by atoms with E-state index in [1.807, 2.05) is 4.90 Å². The monoisotopic (exact) mass is 260 g/mol. The molecule has 0 bridgehead atoms. The molecule has 0 atom stereocenters. The van der Waals surface area contributed by atoms with Gasteiger partial charge in [0.15, 0.2) is 0 Å². The van der Waals surface area contributed by atoms with Crippen LogP contribution in [0.5, 0.6) is 0 Å². The van der Waals surface area contributed by atoms with Crippen LogP contribution in [0.2, 0.25) is 0 Å². The van der Waals surface area contributed by atoms with E-state index in [1.54, 1.807) is 0 Å². The smallest absolute Gasteiger partial charge is 0.223 e. The molecule has 0 saturated carbocycles. The Bertz CT molecular complexity index is 402. The van der Waals surface area contributed by atoms with Crippen molar-refractivity contribution in [2.45, 2.75) is 39.2 Å². The fraction of sp³-hybridized carbons (Fsp3) is 0.562. The Labute approximate surface area is 116 Å². The van der Waals surface area contributed by atoms with E-state index >= 15 is 0 Å². The van der Waals surface area contributed by atoms with Crippen LogP contribution in [0.4, 0.5) is 0 Å². The van der Waals surface area contributed by atoms with E-state index in [1.165, 1.54) is 11.1 Å².